The average molecular weight is 604 g/mol. The summed E-state index contributed by atoms with van der Waals surface area (Å²) in [6.07, 6.45) is 0.857. The number of nitrogens with two attached hydrogens (primary N) is 1. The summed E-state index contributed by atoms with van der Waals surface area (Å²) in [6, 6.07) is 6.98. The van der Waals surface area contributed by atoms with Crippen molar-refractivity contribution < 1.29 is 19.1 Å². The molecule has 0 bridgehead atoms. The van der Waals surface area contributed by atoms with Gasteiger partial charge in [0, 0.05) is 36.9 Å². The third kappa shape index (κ3) is 6.90. The third-order valence-corrected chi connectivity index (χ3v) is 7.57. The van der Waals surface area contributed by atoms with Crippen LogP contribution in [-0.4, -0.2) is 77.1 Å². The Morgan fingerprint density at radius 2 is 2.02 bits per heavy atom. The summed E-state index contributed by atoms with van der Waals surface area (Å²) in [5.41, 5.74) is 9.29. The molecule has 0 saturated carbocycles. The number of aromatic nitrogens is 4. The quantitative estimate of drug-likeness (QED) is 0.246. The molecule has 1 aliphatic heterocycles. The molecule has 2 aromatic heterocycles. The number of methoxy groups -OCH3 is 1. The van der Waals surface area contributed by atoms with Crippen LogP contribution in [0, 0.1) is 41.4 Å². The van der Waals surface area contributed by atoms with E-state index in [9.17, 15) is 20.1 Å². The molecule has 15 heteroatoms. The molecule has 1 aromatic carbocycles. The first-order valence-electron chi connectivity index (χ1n) is 14.3. The SMILES string of the molecule is CCNc1nc(Nc2cc(C#N)cc(N3CC[C@@H](CNC(=O)OC)[C@H](OC(=O)[C@@H](N)C(C)C)C3)c2C)nn2c(C#N)cnc12. The number of hydrogen-bond acceptors (Lipinski definition) is 13. The van der Waals surface area contributed by atoms with Gasteiger partial charge in [0.1, 0.15) is 18.2 Å². The molecule has 0 radical (unpaired) electrons. The summed E-state index contributed by atoms with van der Waals surface area (Å²) < 4.78 is 12.0. The number of carbonyl (C=O) groups is 2. The van der Waals surface area contributed by atoms with Crippen LogP contribution in [0.1, 0.15) is 44.0 Å². The molecule has 232 valence electrons. The number of esters is 1. The van der Waals surface area contributed by atoms with Crippen molar-refractivity contribution in [3.8, 4) is 12.1 Å². The van der Waals surface area contributed by atoms with Gasteiger partial charge < -0.3 is 36.1 Å². The number of imidazole rings is 1. The number of anilines is 4. The fraction of sp³-hybridized carbons (Fsp3) is 0.483. The summed E-state index contributed by atoms with van der Waals surface area (Å²) in [4.78, 5) is 35.5. The molecular formula is C29H37N11O4. The van der Waals surface area contributed by atoms with Crippen LogP contribution in [0.15, 0.2) is 18.3 Å². The van der Waals surface area contributed by atoms with Gasteiger partial charge in [0.15, 0.2) is 17.2 Å². The first-order valence-corrected chi connectivity index (χ1v) is 14.3. The Kier molecular flexibility index (Phi) is 10.0. The molecule has 1 fully saturated rings. The Morgan fingerprint density at radius 1 is 1.25 bits per heavy atom. The fourth-order valence-electron chi connectivity index (χ4n) is 4.98. The van der Waals surface area contributed by atoms with Crippen molar-refractivity contribution in [3.05, 3.63) is 35.2 Å². The molecule has 3 heterocycles. The van der Waals surface area contributed by atoms with E-state index in [1.807, 2.05) is 32.6 Å². The van der Waals surface area contributed by atoms with E-state index in [1.54, 1.807) is 12.1 Å². The van der Waals surface area contributed by atoms with E-state index in [1.165, 1.54) is 17.8 Å². The molecule has 0 unspecified atom stereocenters. The highest BCUT2D eigenvalue weighted by Gasteiger charge is 2.35. The second-order valence-corrected chi connectivity index (χ2v) is 10.8. The molecule has 1 amide bonds. The zero-order chi connectivity index (χ0) is 32.0. The number of rotatable bonds is 10. The minimum Gasteiger partial charge on any atom is -0.459 e. The molecular weight excluding hydrogens is 566 g/mol. The highest BCUT2D eigenvalue weighted by atomic mass is 16.5. The maximum Gasteiger partial charge on any atom is 0.406 e. The number of nitrogens with zero attached hydrogens (tertiary/aromatic N) is 7. The highest BCUT2D eigenvalue weighted by molar-refractivity contribution is 5.76. The number of amides is 1. The van der Waals surface area contributed by atoms with Crippen molar-refractivity contribution >= 4 is 40.9 Å². The van der Waals surface area contributed by atoms with Gasteiger partial charge in [-0.25, -0.2) is 9.78 Å². The highest BCUT2D eigenvalue weighted by Crippen LogP contribution is 2.34. The van der Waals surface area contributed by atoms with Crippen molar-refractivity contribution in [2.45, 2.75) is 46.3 Å². The first-order chi connectivity index (χ1) is 21.1. The average Bonchev–Trinajstić information content (AvgIpc) is 3.44. The number of nitrogens with one attached hydrogen (secondary N) is 3. The Hall–Kier alpha value is -5.15. The number of alkyl carbamates (subject to hydrolysis) is 1. The smallest absolute Gasteiger partial charge is 0.406 e. The zero-order valence-corrected chi connectivity index (χ0v) is 25.4. The second-order valence-electron chi connectivity index (χ2n) is 10.8. The summed E-state index contributed by atoms with van der Waals surface area (Å²) in [7, 11) is 1.29. The number of benzene rings is 1. The van der Waals surface area contributed by atoms with Gasteiger partial charge >= 0.3 is 12.1 Å². The van der Waals surface area contributed by atoms with Crippen molar-refractivity contribution in [2.24, 2.45) is 17.6 Å². The van der Waals surface area contributed by atoms with Gasteiger partial charge in [-0.3, -0.25) is 4.79 Å². The van der Waals surface area contributed by atoms with Crippen LogP contribution in [0.4, 0.5) is 27.9 Å². The van der Waals surface area contributed by atoms with E-state index in [0.29, 0.717) is 48.8 Å². The maximum absolute atomic E-state index is 12.9. The summed E-state index contributed by atoms with van der Waals surface area (Å²) in [5, 5.41) is 33.0. The normalized spacial score (nSPS) is 17.0. The minimum absolute atomic E-state index is 0.113. The lowest BCUT2D eigenvalue weighted by atomic mass is 9.92. The summed E-state index contributed by atoms with van der Waals surface area (Å²) in [5.74, 6) is -0.153. The zero-order valence-electron chi connectivity index (χ0n) is 25.4. The van der Waals surface area contributed by atoms with Gasteiger partial charge in [-0.1, -0.05) is 13.8 Å². The van der Waals surface area contributed by atoms with E-state index < -0.39 is 24.2 Å². The van der Waals surface area contributed by atoms with Gasteiger partial charge in [-0.05, 0) is 43.9 Å². The van der Waals surface area contributed by atoms with Crippen LogP contribution in [0.25, 0.3) is 5.65 Å². The first kappa shape index (κ1) is 31.8. The number of fused-ring (bicyclic) bond motifs is 1. The van der Waals surface area contributed by atoms with E-state index in [0.717, 1.165) is 11.3 Å². The van der Waals surface area contributed by atoms with Crippen LogP contribution in [0.3, 0.4) is 0 Å². The fourth-order valence-corrected chi connectivity index (χ4v) is 4.98. The molecule has 3 aromatic rings. The molecule has 44 heavy (non-hydrogen) atoms. The molecule has 0 aliphatic carbocycles. The van der Waals surface area contributed by atoms with Gasteiger partial charge in [0.25, 0.3) is 0 Å². The van der Waals surface area contributed by atoms with Crippen LogP contribution >= 0.6 is 0 Å². The summed E-state index contributed by atoms with van der Waals surface area (Å²) in [6.45, 7) is 9.23. The number of piperidine rings is 1. The van der Waals surface area contributed by atoms with E-state index in [-0.39, 0.29) is 30.0 Å². The number of nitriles is 2. The minimum atomic E-state index is -0.791. The Labute approximate surface area is 255 Å². The van der Waals surface area contributed by atoms with Crippen molar-refractivity contribution in [1.82, 2.24) is 24.9 Å². The Balaban J connectivity index is 1.66. The molecule has 15 nitrogen and oxygen atoms in total. The Morgan fingerprint density at radius 3 is 2.68 bits per heavy atom. The third-order valence-electron chi connectivity index (χ3n) is 7.57. The van der Waals surface area contributed by atoms with Crippen molar-refractivity contribution in [3.63, 3.8) is 0 Å². The van der Waals surface area contributed by atoms with E-state index in [4.69, 9.17) is 15.2 Å². The predicted molar refractivity (Wildman–Crippen MR) is 162 cm³/mol. The topological polar surface area (TPSA) is 209 Å². The predicted octanol–water partition coefficient (Wildman–Crippen LogP) is 2.43. The van der Waals surface area contributed by atoms with Crippen molar-refractivity contribution in [1.29, 1.82) is 10.5 Å². The lowest BCUT2D eigenvalue weighted by Crippen LogP contribution is -2.51. The van der Waals surface area contributed by atoms with Crippen LogP contribution < -0.4 is 26.6 Å². The van der Waals surface area contributed by atoms with Crippen molar-refractivity contribution in [2.75, 3.05) is 48.8 Å². The maximum atomic E-state index is 12.9. The van der Waals surface area contributed by atoms with Gasteiger partial charge in [-0.15, -0.1) is 5.10 Å². The van der Waals surface area contributed by atoms with Gasteiger partial charge in [0.05, 0.1) is 31.5 Å². The molecule has 5 N–H and O–H groups in total. The lowest BCUT2D eigenvalue weighted by molar-refractivity contribution is -0.154. The van der Waals surface area contributed by atoms with Gasteiger partial charge in [0.2, 0.25) is 5.95 Å². The Bertz CT molecular complexity index is 1610. The van der Waals surface area contributed by atoms with Gasteiger partial charge in [-0.2, -0.15) is 20.0 Å². The second kappa shape index (κ2) is 13.9. The molecule has 1 aliphatic rings. The largest absolute Gasteiger partial charge is 0.459 e. The standard InChI is InChI=1S/C29H37N11O4/c1-6-33-25-26-34-14-20(12-31)40(26)38-28(37-25)36-21-9-18(11-30)10-22(17(21)4)39-8-7-19(13-35-29(42)43-5)23(15-39)44-27(41)24(32)16(2)3/h9-10,14,16,19,23-24H,6-8,13,15,32H2,1-5H3,(H,35,42)(H2,33,36,37,38)/t19-,23+,24-/m0/s1. The molecule has 0 spiro atoms. The number of carbonyl (C=O) groups excluding carboxylic acids is 2. The molecule has 4 rings (SSSR count). The van der Waals surface area contributed by atoms with E-state index >= 15 is 0 Å². The van der Waals surface area contributed by atoms with E-state index in [2.05, 4.69) is 43.2 Å². The van der Waals surface area contributed by atoms with Crippen LogP contribution in [-0.2, 0) is 14.3 Å². The molecule has 1 saturated heterocycles. The molecule has 3 atom stereocenters. The van der Waals surface area contributed by atoms with Crippen LogP contribution in [0.5, 0.6) is 0 Å². The summed E-state index contributed by atoms with van der Waals surface area (Å²) >= 11 is 0. The number of hydrogen-bond donors (Lipinski definition) is 4. The van der Waals surface area contributed by atoms with Crippen LogP contribution in [0.2, 0.25) is 0 Å². The monoisotopic (exact) mass is 603 g/mol. The number of ether oxygens (including phenoxy) is 2. The lowest BCUT2D eigenvalue weighted by Gasteiger charge is -2.40.